The summed E-state index contributed by atoms with van der Waals surface area (Å²) in [5, 5.41) is 6.03. The molecule has 0 aliphatic carbocycles. The number of sulfone groups is 1. The highest BCUT2D eigenvalue weighted by atomic mass is 32.2. The van der Waals surface area contributed by atoms with Crippen molar-refractivity contribution < 1.29 is 13.2 Å². The largest absolute Gasteiger partial charge is 0.351 e. The quantitative estimate of drug-likeness (QED) is 0.828. The first-order chi connectivity index (χ1) is 9.50. The molecule has 0 spiro atoms. The van der Waals surface area contributed by atoms with Gasteiger partial charge in [0.25, 0.3) is 0 Å². The molecular weight excluding hydrogens is 276 g/mol. The molecule has 1 aliphatic heterocycles. The number of hydrogen-bond donors (Lipinski definition) is 2. The maximum absolute atomic E-state index is 11.7. The third kappa shape index (κ3) is 4.05. The molecule has 1 saturated heterocycles. The van der Waals surface area contributed by atoms with Crippen molar-refractivity contribution in [2.75, 3.05) is 11.5 Å². The van der Waals surface area contributed by atoms with E-state index in [1.807, 2.05) is 30.3 Å². The Morgan fingerprint density at radius 2 is 1.85 bits per heavy atom. The van der Waals surface area contributed by atoms with E-state index in [0.717, 1.165) is 5.56 Å². The Labute approximate surface area is 119 Å². The van der Waals surface area contributed by atoms with Crippen molar-refractivity contribution in [3.63, 3.8) is 0 Å². The molecule has 1 fully saturated rings. The summed E-state index contributed by atoms with van der Waals surface area (Å²) in [6.07, 6.45) is 0.363. The predicted octanol–water partition coefficient (Wildman–Crippen LogP) is 0.468. The van der Waals surface area contributed by atoms with E-state index in [1.165, 1.54) is 0 Å². The van der Waals surface area contributed by atoms with Crippen molar-refractivity contribution in [3.05, 3.63) is 35.9 Å². The van der Waals surface area contributed by atoms with E-state index in [-0.39, 0.29) is 29.5 Å². The fourth-order valence-electron chi connectivity index (χ4n) is 2.34. The Morgan fingerprint density at radius 3 is 2.50 bits per heavy atom. The highest BCUT2D eigenvalue weighted by molar-refractivity contribution is 7.91. The van der Waals surface area contributed by atoms with E-state index in [0.29, 0.717) is 13.0 Å². The average Bonchev–Trinajstić information content (AvgIpc) is 2.71. The number of amides is 1. The van der Waals surface area contributed by atoms with Gasteiger partial charge < -0.3 is 10.6 Å². The van der Waals surface area contributed by atoms with Crippen molar-refractivity contribution in [2.45, 2.75) is 32.0 Å². The lowest BCUT2D eigenvalue weighted by Gasteiger charge is -2.20. The van der Waals surface area contributed by atoms with Crippen LogP contribution in [-0.2, 0) is 21.2 Å². The molecule has 0 bridgehead atoms. The molecular formula is C14H20N2O3S. The van der Waals surface area contributed by atoms with E-state index >= 15 is 0 Å². The summed E-state index contributed by atoms with van der Waals surface area (Å²) >= 11 is 0. The number of rotatable bonds is 5. The molecule has 5 nitrogen and oxygen atoms in total. The Morgan fingerprint density at radius 1 is 1.20 bits per heavy atom. The first kappa shape index (κ1) is 15.0. The SMILES string of the molecule is CCC(=O)N[C@H]1CS(=O)(=O)C[C@@H]1NCc1ccccc1. The van der Waals surface area contributed by atoms with Crippen LogP contribution in [-0.4, -0.2) is 37.9 Å². The summed E-state index contributed by atoms with van der Waals surface area (Å²) in [5.74, 6) is -0.0155. The van der Waals surface area contributed by atoms with Gasteiger partial charge in [0, 0.05) is 19.0 Å². The van der Waals surface area contributed by atoms with Crippen LogP contribution in [0.15, 0.2) is 30.3 Å². The minimum absolute atomic E-state index is 0.0190. The van der Waals surface area contributed by atoms with Crippen LogP contribution in [0.5, 0.6) is 0 Å². The van der Waals surface area contributed by atoms with Crippen LogP contribution in [0.2, 0.25) is 0 Å². The number of benzene rings is 1. The van der Waals surface area contributed by atoms with Gasteiger partial charge in [-0.1, -0.05) is 37.3 Å². The van der Waals surface area contributed by atoms with Crippen molar-refractivity contribution in [1.29, 1.82) is 0 Å². The first-order valence-electron chi connectivity index (χ1n) is 6.77. The zero-order valence-electron chi connectivity index (χ0n) is 11.5. The molecule has 1 aromatic rings. The number of nitrogens with one attached hydrogen (secondary N) is 2. The van der Waals surface area contributed by atoms with E-state index in [9.17, 15) is 13.2 Å². The number of carbonyl (C=O) groups excluding carboxylic acids is 1. The lowest BCUT2D eigenvalue weighted by atomic mass is 10.1. The van der Waals surface area contributed by atoms with Crippen LogP contribution in [0.1, 0.15) is 18.9 Å². The fraction of sp³-hybridized carbons (Fsp3) is 0.500. The van der Waals surface area contributed by atoms with Crippen LogP contribution in [0.25, 0.3) is 0 Å². The van der Waals surface area contributed by atoms with E-state index in [4.69, 9.17) is 0 Å². The van der Waals surface area contributed by atoms with Gasteiger partial charge in [0.1, 0.15) is 0 Å². The molecule has 1 amide bonds. The zero-order valence-corrected chi connectivity index (χ0v) is 12.3. The molecule has 20 heavy (non-hydrogen) atoms. The molecule has 110 valence electrons. The van der Waals surface area contributed by atoms with Gasteiger partial charge in [-0.3, -0.25) is 4.79 Å². The molecule has 6 heteroatoms. The van der Waals surface area contributed by atoms with Gasteiger partial charge in [-0.25, -0.2) is 8.42 Å². The molecule has 2 N–H and O–H groups in total. The first-order valence-corrected chi connectivity index (χ1v) is 8.59. The summed E-state index contributed by atoms with van der Waals surface area (Å²) in [6.45, 7) is 2.35. The third-order valence-electron chi connectivity index (χ3n) is 3.43. The Hall–Kier alpha value is -1.40. The standard InChI is InChI=1S/C14H20N2O3S/c1-2-14(17)16-13-10-20(18,19)9-12(13)15-8-11-6-4-3-5-7-11/h3-7,12-13,15H,2,8-10H2,1H3,(H,16,17)/t12-,13-/m0/s1. The molecule has 2 rings (SSSR count). The van der Waals surface area contributed by atoms with Crippen LogP contribution in [0.4, 0.5) is 0 Å². The molecule has 0 saturated carbocycles. The molecule has 2 atom stereocenters. The summed E-state index contributed by atoms with van der Waals surface area (Å²) in [4.78, 5) is 11.5. The normalized spacial score (nSPS) is 24.4. The van der Waals surface area contributed by atoms with E-state index < -0.39 is 9.84 Å². The molecule has 0 aromatic heterocycles. The van der Waals surface area contributed by atoms with Gasteiger partial charge in [0.2, 0.25) is 5.91 Å². The van der Waals surface area contributed by atoms with Crippen molar-refractivity contribution >= 4 is 15.7 Å². The molecule has 0 radical (unpaired) electrons. The minimum Gasteiger partial charge on any atom is -0.351 e. The lowest BCUT2D eigenvalue weighted by Crippen LogP contribution is -2.48. The predicted molar refractivity (Wildman–Crippen MR) is 77.9 cm³/mol. The Kier molecular flexibility index (Phi) is 4.77. The second-order valence-electron chi connectivity index (χ2n) is 5.08. The van der Waals surface area contributed by atoms with Gasteiger partial charge in [-0.2, -0.15) is 0 Å². The van der Waals surface area contributed by atoms with Crippen LogP contribution < -0.4 is 10.6 Å². The van der Waals surface area contributed by atoms with Gasteiger partial charge in [0.05, 0.1) is 17.5 Å². The summed E-state index contributed by atoms with van der Waals surface area (Å²) < 4.78 is 23.5. The molecule has 1 aliphatic rings. The monoisotopic (exact) mass is 296 g/mol. The second-order valence-corrected chi connectivity index (χ2v) is 7.23. The molecule has 1 heterocycles. The van der Waals surface area contributed by atoms with E-state index in [1.54, 1.807) is 6.92 Å². The van der Waals surface area contributed by atoms with Crippen LogP contribution >= 0.6 is 0 Å². The summed E-state index contributed by atoms with van der Waals surface area (Å²) in [6, 6.07) is 9.23. The molecule has 0 unspecified atom stereocenters. The fourth-order valence-corrected chi connectivity index (χ4v) is 4.24. The highest BCUT2D eigenvalue weighted by Crippen LogP contribution is 2.14. The molecule has 1 aromatic carbocycles. The average molecular weight is 296 g/mol. The van der Waals surface area contributed by atoms with Crippen LogP contribution in [0, 0.1) is 0 Å². The van der Waals surface area contributed by atoms with E-state index in [2.05, 4.69) is 10.6 Å². The number of carbonyl (C=O) groups is 1. The van der Waals surface area contributed by atoms with Gasteiger partial charge in [0.15, 0.2) is 9.84 Å². The van der Waals surface area contributed by atoms with Crippen molar-refractivity contribution in [1.82, 2.24) is 10.6 Å². The van der Waals surface area contributed by atoms with Gasteiger partial charge >= 0.3 is 0 Å². The number of hydrogen-bond acceptors (Lipinski definition) is 4. The Bertz CT molecular complexity index is 557. The van der Waals surface area contributed by atoms with Crippen LogP contribution in [0.3, 0.4) is 0 Å². The van der Waals surface area contributed by atoms with Gasteiger partial charge in [-0.15, -0.1) is 0 Å². The van der Waals surface area contributed by atoms with Crippen molar-refractivity contribution in [3.8, 4) is 0 Å². The zero-order chi connectivity index (χ0) is 14.6. The minimum atomic E-state index is -3.08. The maximum atomic E-state index is 11.7. The van der Waals surface area contributed by atoms with Gasteiger partial charge in [-0.05, 0) is 5.56 Å². The highest BCUT2D eigenvalue weighted by Gasteiger charge is 2.37. The third-order valence-corrected chi connectivity index (χ3v) is 5.17. The summed E-state index contributed by atoms with van der Waals surface area (Å²) in [5.41, 5.74) is 1.09. The smallest absolute Gasteiger partial charge is 0.220 e. The van der Waals surface area contributed by atoms with Crippen molar-refractivity contribution in [2.24, 2.45) is 0 Å². The maximum Gasteiger partial charge on any atom is 0.220 e. The summed E-state index contributed by atoms with van der Waals surface area (Å²) in [7, 11) is -3.08. The Balaban J connectivity index is 1.98. The lowest BCUT2D eigenvalue weighted by molar-refractivity contribution is -0.121. The topological polar surface area (TPSA) is 75.3 Å². The second kappa shape index (κ2) is 6.37.